The molecule has 164 valence electrons. The molecule has 0 unspecified atom stereocenters. The van der Waals surface area contributed by atoms with Gasteiger partial charge >= 0.3 is 0 Å². The average molecular weight is 493 g/mol. The molecule has 5 nitrogen and oxygen atoms in total. The lowest BCUT2D eigenvalue weighted by Gasteiger charge is -2.30. The molecule has 1 atom stereocenters. The van der Waals surface area contributed by atoms with Crippen LogP contribution in [0.5, 0.6) is 0 Å². The van der Waals surface area contributed by atoms with Crippen LogP contribution in [-0.4, -0.2) is 38.9 Å². The highest BCUT2D eigenvalue weighted by Gasteiger charge is 2.31. The highest BCUT2D eigenvalue weighted by atomic mass is 35.5. The summed E-state index contributed by atoms with van der Waals surface area (Å²) >= 11 is 13.6. The molecule has 0 aliphatic rings. The third-order valence-electron chi connectivity index (χ3n) is 4.23. The second-order valence-electron chi connectivity index (χ2n) is 6.54. The molecule has 0 aromatic heterocycles. The number of hydrogen-bond acceptors (Lipinski definition) is 4. The second kappa shape index (κ2) is 11.2. The molecule has 2 aromatic rings. The van der Waals surface area contributed by atoms with E-state index in [1.54, 1.807) is 30.8 Å². The van der Waals surface area contributed by atoms with E-state index in [9.17, 15) is 17.6 Å². The molecule has 0 radical (unpaired) electrons. The number of carbonyl (C=O) groups is 1. The van der Waals surface area contributed by atoms with Gasteiger partial charge in [0, 0.05) is 28.1 Å². The van der Waals surface area contributed by atoms with E-state index in [2.05, 4.69) is 5.32 Å². The molecule has 0 spiro atoms. The van der Waals surface area contributed by atoms with E-state index in [1.807, 2.05) is 6.07 Å². The maximum absolute atomic E-state index is 13.2. The molecular weight excluding hydrogens is 470 g/mol. The molecule has 0 heterocycles. The molecule has 0 aliphatic carbocycles. The Morgan fingerprint density at radius 3 is 2.43 bits per heavy atom. The minimum atomic E-state index is -3.75. The van der Waals surface area contributed by atoms with Gasteiger partial charge in [-0.1, -0.05) is 36.2 Å². The van der Waals surface area contributed by atoms with Crippen LogP contribution in [-0.2, 0) is 20.6 Å². The lowest BCUT2D eigenvalue weighted by atomic mass is 10.2. The topological polar surface area (TPSA) is 66.5 Å². The van der Waals surface area contributed by atoms with Gasteiger partial charge in [0.05, 0.1) is 11.9 Å². The zero-order chi connectivity index (χ0) is 22.3. The Kier molecular flexibility index (Phi) is 9.28. The number of carbonyl (C=O) groups excluding carboxylic acids is 1. The van der Waals surface area contributed by atoms with Crippen LogP contribution in [0.4, 0.5) is 10.1 Å². The minimum absolute atomic E-state index is 0.243. The molecular formula is C20H23Cl2FN2O3S2. The van der Waals surface area contributed by atoms with Crippen LogP contribution in [0, 0.1) is 5.82 Å². The average Bonchev–Trinajstić information content (AvgIpc) is 2.67. The van der Waals surface area contributed by atoms with Gasteiger partial charge in [0.15, 0.2) is 0 Å². The molecule has 2 rings (SSSR count). The first-order chi connectivity index (χ1) is 14.1. The van der Waals surface area contributed by atoms with Crippen LogP contribution < -0.4 is 9.62 Å². The Morgan fingerprint density at radius 1 is 1.20 bits per heavy atom. The van der Waals surface area contributed by atoms with E-state index < -0.39 is 27.8 Å². The Hall–Kier alpha value is -1.48. The molecule has 2 aromatic carbocycles. The van der Waals surface area contributed by atoms with Gasteiger partial charge in [0.25, 0.3) is 0 Å². The first-order valence-electron chi connectivity index (χ1n) is 9.17. The Labute approximate surface area is 191 Å². The maximum atomic E-state index is 13.2. The normalized spacial score (nSPS) is 12.4. The number of halogens is 3. The highest BCUT2D eigenvalue weighted by Crippen LogP contribution is 2.25. The zero-order valence-corrected chi connectivity index (χ0v) is 19.7. The van der Waals surface area contributed by atoms with Crippen molar-refractivity contribution in [1.82, 2.24) is 5.32 Å². The lowest BCUT2D eigenvalue weighted by molar-refractivity contribution is -0.122. The van der Waals surface area contributed by atoms with Gasteiger partial charge in [-0.25, -0.2) is 12.8 Å². The van der Waals surface area contributed by atoms with Gasteiger partial charge in [0.1, 0.15) is 11.9 Å². The second-order valence-corrected chi connectivity index (χ2v) is 10.3. The zero-order valence-electron chi connectivity index (χ0n) is 16.6. The van der Waals surface area contributed by atoms with Gasteiger partial charge in [-0.3, -0.25) is 9.10 Å². The van der Waals surface area contributed by atoms with Crippen molar-refractivity contribution in [2.45, 2.75) is 25.1 Å². The summed E-state index contributed by atoms with van der Waals surface area (Å²) in [7, 11) is -3.75. The van der Waals surface area contributed by atoms with E-state index in [0.29, 0.717) is 28.1 Å². The van der Waals surface area contributed by atoms with Crippen LogP contribution >= 0.6 is 35.0 Å². The number of sulfonamides is 1. The van der Waals surface area contributed by atoms with Crippen LogP contribution in [0.3, 0.4) is 0 Å². The summed E-state index contributed by atoms with van der Waals surface area (Å²) in [5, 5.41) is 3.95. The van der Waals surface area contributed by atoms with Gasteiger partial charge in [-0.05, 0) is 48.4 Å². The summed E-state index contributed by atoms with van der Waals surface area (Å²) in [5.74, 6) is 0.393. The number of benzene rings is 2. The fraction of sp³-hybridized carbons (Fsp3) is 0.350. The van der Waals surface area contributed by atoms with Crippen LogP contribution in [0.25, 0.3) is 0 Å². The summed E-state index contributed by atoms with van der Waals surface area (Å²) < 4.78 is 38.9. The molecule has 1 N–H and O–H groups in total. The number of anilines is 1. The SMILES string of the molecule is CC[C@@H](C(=O)NCCSCc1ccc(Cl)cc1Cl)N(c1ccc(F)cc1)S(C)(=O)=O. The molecule has 0 fully saturated rings. The quantitative estimate of drug-likeness (QED) is 0.487. The molecule has 0 bridgehead atoms. The molecule has 0 saturated carbocycles. The van der Waals surface area contributed by atoms with Crippen molar-refractivity contribution in [2.75, 3.05) is 22.9 Å². The summed E-state index contributed by atoms with van der Waals surface area (Å²) in [6.45, 7) is 2.09. The van der Waals surface area contributed by atoms with E-state index >= 15 is 0 Å². The van der Waals surface area contributed by atoms with E-state index in [-0.39, 0.29) is 12.1 Å². The van der Waals surface area contributed by atoms with Crippen molar-refractivity contribution in [3.05, 3.63) is 63.9 Å². The van der Waals surface area contributed by atoms with Crippen molar-refractivity contribution in [1.29, 1.82) is 0 Å². The third kappa shape index (κ3) is 7.04. The first-order valence-corrected chi connectivity index (χ1v) is 12.9. The standard InChI is InChI=1S/C20H23Cl2FN2O3S2/c1-3-19(25(30(2,27)28)17-8-6-16(23)7-9-17)20(26)24-10-11-29-13-14-4-5-15(21)12-18(14)22/h4-9,12,19H,3,10-11,13H2,1-2H3,(H,24,26)/t19-/m0/s1. The van der Waals surface area contributed by atoms with Crippen molar-refractivity contribution < 1.29 is 17.6 Å². The molecule has 1 amide bonds. The largest absolute Gasteiger partial charge is 0.353 e. The van der Waals surface area contributed by atoms with Crippen molar-refractivity contribution in [3.8, 4) is 0 Å². The molecule has 30 heavy (non-hydrogen) atoms. The Morgan fingerprint density at radius 2 is 1.87 bits per heavy atom. The Bertz CT molecular complexity index is 973. The van der Waals surface area contributed by atoms with E-state index in [4.69, 9.17) is 23.2 Å². The smallest absolute Gasteiger partial charge is 0.243 e. The molecule has 0 saturated heterocycles. The minimum Gasteiger partial charge on any atom is -0.353 e. The number of hydrogen-bond donors (Lipinski definition) is 1. The van der Waals surface area contributed by atoms with Crippen LogP contribution in [0.15, 0.2) is 42.5 Å². The summed E-state index contributed by atoms with van der Waals surface area (Å²) in [5.41, 5.74) is 1.19. The predicted molar refractivity (Wildman–Crippen MR) is 123 cm³/mol. The predicted octanol–water partition coefficient (Wildman–Crippen LogP) is 4.73. The Balaban J connectivity index is 1.96. The highest BCUT2D eigenvalue weighted by molar-refractivity contribution is 7.98. The summed E-state index contributed by atoms with van der Waals surface area (Å²) in [4.78, 5) is 12.7. The fourth-order valence-electron chi connectivity index (χ4n) is 2.83. The molecule has 10 heteroatoms. The number of nitrogens with one attached hydrogen (secondary N) is 1. The first kappa shape index (κ1) is 24.8. The summed E-state index contributed by atoms with van der Waals surface area (Å²) in [6, 6.07) is 9.40. The van der Waals surface area contributed by atoms with Gasteiger partial charge in [-0.2, -0.15) is 11.8 Å². The van der Waals surface area contributed by atoms with Crippen molar-refractivity contribution in [3.63, 3.8) is 0 Å². The third-order valence-corrected chi connectivity index (χ3v) is 7.00. The van der Waals surface area contributed by atoms with E-state index in [1.165, 1.54) is 12.1 Å². The van der Waals surface area contributed by atoms with Gasteiger partial charge in [-0.15, -0.1) is 0 Å². The van der Waals surface area contributed by atoms with Gasteiger partial charge in [0.2, 0.25) is 15.9 Å². The monoisotopic (exact) mass is 492 g/mol. The van der Waals surface area contributed by atoms with Crippen molar-refractivity contribution >= 4 is 56.6 Å². The van der Waals surface area contributed by atoms with Crippen LogP contribution in [0.2, 0.25) is 10.0 Å². The number of nitrogens with zero attached hydrogens (tertiary/aromatic N) is 1. The van der Waals surface area contributed by atoms with Crippen molar-refractivity contribution in [2.24, 2.45) is 0 Å². The lowest BCUT2D eigenvalue weighted by Crippen LogP contribution is -2.49. The van der Waals surface area contributed by atoms with E-state index in [0.717, 1.165) is 28.3 Å². The number of rotatable bonds is 10. The summed E-state index contributed by atoms with van der Waals surface area (Å²) in [6.07, 6.45) is 1.29. The molecule has 0 aliphatic heterocycles. The number of thioether (sulfide) groups is 1. The fourth-order valence-corrected chi connectivity index (χ4v) is 5.46. The van der Waals surface area contributed by atoms with Crippen LogP contribution in [0.1, 0.15) is 18.9 Å². The van der Waals surface area contributed by atoms with Gasteiger partial charge < -0.3 is 5.32 Å². The maximum Gasteiger partial charge on any atom is 0.243 e. The number of amides is 1.